The molecule has 1 aliphatic carbocycles. The highest BCUT2D eigenvalue weighted by molar-refractivity contribution is 5.96. The summed E-state index contributed by atoms with van der Waals surface area (Å²) in [6.45, 7) is 1.89. The van der Waals surface area contributed by atoms with Crippen LogP contribution >= 0.6 is 0 Å². The Kier molecular flexibility index (Phi) is 5.55. The molecule has 2 amide bonds. The SMILES string of the molecule is O=C(NCc1ccc2nccn2c1)c1ccc(C2CCN(C(=O)CC3CC3)CC2)cc1O. The van der Waals surface area contributed by atoms with Gasteiger partial charge < -0.3 is 19.7 Å². The van der Waals surface area contributed by atoms with Crippen molar-refractivity contribution in [3.05, 3.63) is 65.6 Å². The van der Waals surface area contributed by atoms with Crippen molar-refractivity contribution in [2.24, 2.45) is 5.92 Å². The second-order valence-electron chi connectivity index (χ2n) is 8.99. The Balaban J connectivity index is 1.17. The molecule has 2 N–H and O–H groups in total. The summed E-state index contributed by atoms with van der Waals surface area (Å²) in [5.41, 5.74) is 3.10. The predicted octanol–water partition coefficient (Wildman–Crippen LogP) is 3.48. The summed E-state index contributed by atoms with van der Waals surface area (Å²) < 4.78 is 1.90. The molecule has 2 fully saturated rings. The zero-order chi connectivity index (χ0) is 22.1. The monoisotopic (exact) mass is 432 g/mol. The predicted molar refractivity (Wildman–Crippen MR) is 120 cm³/mol. The van der Waals surface area contributed by atoms with Gasteiger partial charge in [0.05, 0.1) is 5.56 Å². The highest BCUT2D eigenvalue weighted by Crippen LogP contribution is 2.35. The topological polar surface area (TPSA) is 86.9 Å². The minimum atomic E-state index is -0.305. The number of piperidine rings is 1. The van der Waals surface area contributed by atoms with Crippen molar-refractivity contribution in [2.45, 2.75) is 44.6 Å². The fraction of sp³-hybridized carbons (Fsp3) is 0.400. The third kappa shape index (κ3) is 4.47. The molecule has 166 valence electrons. The minimum Gasteiger partial charge on any atom is -0.507 e. The van der Waals surface area contributed by atoms with Crippen LogP contribution in [0.3, 0.4) is 0 Å². The van der Waals surface area contributed by atoms with E-state index in [0.29, 0.717) is 24.8 Å². The van der Waals surface area contributed by atoms with Gasteiger partial charge in [-0.1, -0.05) is 12.1 Å². The Morgan fingerprint density at radius 2 is 1.91 bits per heavy atom. The number of aromatic hydroxyl groups is 1. The number of phenolic OH excluding ortho intramolecular Hbond substituents is 1. The van der Waals surface area contributed by atoms with Gasteiger partial charge in [-0.2, -0.15) is 0 Å². The van der Waals surface area contributed by atoms with Crippen molar-refractivity contribution >= 4 is 17.5 Å². The van der Waals surface area contributed by atoms with Gasteiger partial charge in [0.2, 0.25) is 5.91 Å². The second kappa shape index (κ2) is 8.65. The van der Waals surface area contributed by atoms with Crippen molar-refractivity contribution in [3.63, 3.8) is 0 Å². The summed E-state index contributed by atoms with van der Waals surface area (Å²) in [6, 6.07) is 9.16. The molecule has 0 unspecified atom stereocenters. The molecule has 3 heterocycles. The van der Waals surface area contributed by atoms with Gasteiger partial charge >= 0.3 is 0 Å². The standard InChI is InChI=1S/C25H28N4O3/c30-22-14-20(19-7-10-28(11-8-19)24(31)13-17-1-2-17)4-5-21(22)25(32)27-15-18-3-6-23-26-9-12-29(23)16-18/h3-6,9,12,14,16-17,19,30H,1-2,7-8,10-11,13,15H2,(H,27,32). The number of aromatic nitrogens is 2. The molecule has 3 aromatic rings. The van der Waals surface area contributed by atoms with Crippen molar-refractivity contribution in [2.75, 3.05) is 13.1 Å². The Hall–Kier alpha value is -3.35. The van der Waals surface area contributed by atoms with Gasteiger partial charge in [0.15, 0.2) is 0 Å². The van der Waals surface area contributed by atoms with Crippen LogP contribution in [0.25, 0.3) is 5.65 Å². The zero-order valence-electron chi connectivity index (χ0n) is 18.0. The number of benzene rings is 1. The molecule has 1 saturated carbocycles. The van der Waals surface area contributed by atoms with E-state index in [2.05, 4.69) is 10.3 Å². The van der Waals surface area contributed by atoms with Crippen LogP contribution in [0.4, 0.5) is 0 Å². The van der Waals surface area contributed by atoms with Crippen LogP contribution in [0.15, 0.2) is 48.9 Å². The number of rotatable bonds is 6. The van der Waals surface area contributed by atoms with Gasteiger partial charge in [-0.05, 0) is 66.8 Å². The molecule has 2 aromatic heterocycles. The van der Waals surface area contributed by atoms with E-state index in [1.165, 1.54) is 12.8 Å². The van der Waals surface area contributed by atoms with Gasteiger partial charge in [0.1, 0.15) is 11.4 Å². The normalized spacial score (nSPS) is 16.9. The number of hydrogen-bond donors (Lipinski definition) is 2. The third-order valence-corrected chi connectivity index (χ3v) is 6.65. The van der Waals surface area contributed by atoms with Crippen LogP contribution in [0.5, 0.6) is 5.75 Å². The lowest BCUT2D eigenvalue weighted by Crippen LogP contribution is -2.38. The number of hydrogen-bond acceptors (Lipinski definition) is 4. The summed E-state index contributed by atoms with van der Waals surface area (Å²) in [7, 11) is 0. The first-order valence-electron chi connectivity index (χ1n) is 11.4. The number of nitrogens with one attached hydrogen (secondary N) is 1. The molecular weight excluding hydrogens is 404 g/mol. The largest absolute Gasteiger partial charge is 0.507 e. The Morgan fingerprint density at radius 1 is 1.09 bits per heavy atom. The van der Waals surface area contributed by atoms with E-state index in [1.807, 2.05) is 39.9 Å². The number of amides is 2. The number of carbonyl (C=O) groups excluding carboxylic acids is 2. The minimum absolute atomic E-state index is 0.00250. The summed E-state index contributed by atoms with van der Waals surface area (Å²) in [4.78, 5) is 31.1. The van der Waals surface area contributed by atoms with E-state index in [0.717, 1.165) is 42.7 Å². The lowest BCUT2D eigenvalue weighted by Gasteiger charge is -2.32. The quantitative estimate of drug-likeness (QED) is 0.624. The highest BCUT2D eigenvalue weighted by atomic mass is 16.3. The molecule has 1 aliphatic heterocycles. The van der Waals surface area contributed by atoms with Crippen molar-refractivity contribution in [1.29, 1.82) is 0 Å². The van der Waals surface area contributed by atoms with Crippen LogP contribution in [-0.4, -0.2) is 44.3 Å². The van der Waals surface area contributed by atoms with Gasteiger partial charge in [-0.15, -0.1) is 0 Å². The maximum absolute atomic E-state index is 12.6. The van der Waals surface area contributed by atoms with E-state index in [4.69, 9.17) is 0 Å². The molecule has 0 radical (unpaired) electrons. The number of carbonyl (C=O) groups is 2. The van der Waals surface area contributed by atoms with Crippen LogP contribution in [0.2, 0.25) is 0 Å². The van der Waals surface area contributed by atoms with E-state index in [-0.39, 0.29) is 23.1 Å². The molecule has 0 atom stereocenters. The van der Waals surface area contributed by atoms with E-state index >= 15 is 0 Å². The van der Waals surface area contributed by atoms with Crippen LogP contribution in [0, 0.1) is 5.92 Å². The number of fused-ring (bicyclic) bond motifs is 1. The fourth-order valence-corrected chi connectivity index (χ4v) is 4.50. The summed E-state index contributed by atoms with van der Waals surface area (Å²) in [5.74, 6) is 0.889. The maximum atomic E-state index is 12.6. The maximum Gasteiger partial charge on any atom is 0.255 e. The average Bonchev–Trinajstić information content (AvgIpc) is 3.50. The number of pyridine rings is 1. The van der Waals surface area contributed by atoms with Crippen molar-refractivity contribution < 1.29 is 14.7 Å². The van der Waals surface area contributed by atoms with Gasteiger partial charge in [0, 0.05) is 44.6 Å². The first-order valence-corrected chi connectivity index (χ1v) is 11.4. The molecule has 7 heteroatoms. The molecular formula is C25H28N4O3. The molecule has 32 heavy (non-hydrogen) atoms. The lowest BCUT2D eigenvalue weighted by atomic mass is 9.88. The van der Waals surface area contributed by atoms with E-state index < -0.39 is 0 Å². The summed E-state index contributed by atoms with van der Waals surface area (Å²) >= 11 is 0. The number of imidazole rings is 1. The number of nitrogens with zero attached hydrogens (tertiary/aromatic N) is 3. The molecule has 0 spiro atoms. The molecule has 7 nitrogen and oxygen atoms in total. The molecule has 5 rings (SSSR count). The Labute approximate surface area is 187 Å². The van der Waals surface area contributed by atoms with Crippen LogP contribution in [0.1, 0.15) is 59.5 Å². The first-order chi connectivity index (χ1) is 15.6. The molecule has 1 saturated heterocycles. The summed E-state index contributed by atoms with van der Waals surface area (Å²) in [6.07, 6.45) is 10.4. The van der Waals surface area contributed by atoms with E-state index in [1.54, 1.807) is 18.3 Å². The zero-order valence-corrected chi connectivity index (χ0v) is 18.0. The molecule has 0 bridgehead atoms. The highest BCUT2D eigenvalue weighted by Gasteiger charge is 2.29. The van der Waals surface area contributed by atoms with Gasteiger partial charge in [-0.25, -0.2) is 4.98 Å². The smallest absolute Gasteiger partial charge is 0.255 e. The van der Waals surface area contributed by atoms with Gasteiger partial charge in [-0.3, -0.25) is 9.59 Å². The Morgan fingerprint density at radius 3 is 2.66 bits per heavy atom. The van der Waals surface area contributed by atoms with E-state index in [9.17, 15) is 14.7 Å². The van der Waals surface area contributed by atoms with Crippen molar-refractivity contribution in [1.82, 2.24) is 19.6 Å². The van der Waals surface area contributed by atoms with Crippen LogP contribution in [-0.2, 0) is 11.3 Å². The third-order valence-electron chi connectivity index (χ3n) is 6.65. The summed E-state index contributed by atoms with van der Waals surface area (Å²) in [5, 5.41) is 13.4. The lowest BCUT2D eigenvalue weighted by molar-refractivity contribution is -0.132. The van der Waals surface area contributed by atoms with Crippen molar-refractivity contribution in [3.8, 4) is 5.75 Å². The second-order valence-corrected chi connectivity index (χ2v) is 8.99. The number of phenols is 1. The molecule has 2 aliphatic rings. The first kappa shape index (κ1) is 20.5. The van der Waals surface area contributed by atoms with Gasteiger partial charge in [0.25, 0.3) is 5.91 Å². The average molecular weight is 433 g/mol. The van der Waals surface area contributed by atoms with Crippen LogP contribution < -0.4 is 5.32 Å². The fourth-order valence-electron chi connectivity index (χ4n) is 4.50. The molecule has 1 aromatic carbocycles. The number of likely N-dealkylation sites (tertiary alicyclic amines) is 1. The Bertz CT molecular complexity index is 1140.